The highest BCUT2D eigenvalue weighted by molar-refractivity contribution is 6.35. The third-order valence-corrected chi connectivity index (χ3v) is 4.47. The lowest BCUT2D eigenvalue weighted by Gasteiger charge is -2.18. The molecule has 0 bridgehead atoms. The molecule has 1 fully saturated rings. The second kappa shape index (κ2) is 6.79. The Balaban J connectivity index is 1.86. The van der Waals surface area contributed by atoms with E-state index in [0.29, 0.717) is 29.4 Å². The van der Waals surface area contributed by atoms with Crippen molar-refractivity contribution < 1.29 is 9.90 Å². The van der Waals surface area contributed by atoms with Gasteiger partial charge >= 0.3 is 0 Å². The van der Waals surface area contributed by atoms with E-state index in [0.717, 1.165) is 18.5 Å². The van der Waals surface area contributed by atoms with E-state index in [-0.39, 0.29) is 17.9 Å². The monoisotopic (exact) mass is 315 g/mol. The maximum atomic E-state index is 12.1. The molecule has 2 atom stereocenters. The molecule has 0 spiro atoms. The average Bonchev–Trinajstić information content (AvgIpc) is 2.87. The van der Waals surface area contributed by atoms with E-state index in [1.165, 1.54) is 0 Å². The molecule has 5 heteroatoms. The number of carbonyl (C=O) groups excluding carboxylic acids is 1. The van der Waals surface area contributed by atoms with Crippen molar-refractivity contribution in [2.24, 2.45) is 5.92 Å². The first-order valence-corrected chi connectivity index (χ1v) is 7.62. The summed E-state index contributed by atoms with van der Waals surface area (Å²) in [7, 11) is 0. The SMILES string of the molecule is CC(O)C1CCN(C(=O)CCc2ccc(Cl)cc2Cl)C1. The summed E-state index contributed by atoms with van der Waals surface area (Å²) in [5, 5.41) is 10.8. The summed E-state index contributed by atoms with van der Waals surface area (Å²) in [4.78, 5) is 14.0. The highest BCUT2D eigenvalue weighted by Gasteiger charge is 2.28. The summed E-state index contributed by atoms with van der Waals surface area (Å²) >= 11 is 11.9. The summed E-state index contributed by atoms with van der Waals surface area (Å²) in [6, 6.07) is 5.34. The largest absolute Gasteiger partial charge is 0.393 e. The Bertz CT molecular complexity index is 491. The quantitative estimate of drug-likeness (QED) is 0.927. The first kappa shape index (κ1) is 15.6. The van der Waals surface area contributed by atoms with E-state index in [1.807, 2.05) is 11.0 Å². The summed E-state index contributed by atoms with van der Waals surface area (Å²) in [5.41, 5.74) is 0.940. The van der Waals surface area contributed by atoms with Crippen molar-refractivity contribution in [2.75, 3.05) is 13.1 Å². The van der Waals surface area contributed by atoms with Gasteiger partial charge in [-0.2, -0.15) is 0 Å². The molecular formula is C15H19Cl2NO2. The average molecular weight is 316 g/mol. The lowest BCUT2D eigenvalue weighted by atomic mass is 10.0. The van der Waals surface area contributed by atoms with Crippen LogP contribution in [0, 0.1) is 5.92 Å². The number of rotatable bonds is 4. The van der Waals surface area contributed by atoms with Crippen molar-refractivity contribution in [1.82, 2.24) is 4.90 Å². The normalized spacial score (nSPS) is 20.2. The van der Waals surface area contributed by atoms with Gasteiger partial charge in [-0.1, -0.05) is 29.3 Å². The molecule has 1 amide bonds. The molecule has 1 aliphatic rings. The van der Waals surface area contributed by atoms with E-state index in [9.17, 15) is 9.90 Å². The van der Waals surface area contributed by atoms with Crippen LogP contribution in [0.5, 0.6) is 0 Å². The molecule has 0 saturated carbocycles. The van der Waals surface area contributed by atoms with Crippen LogP contribution in [-0.4, -0.2) is 35.1 Å². The van der Waals surface area contributed by atoms with Gasteiger partial charge in [0.2, 0.25) is 5.91 Å². The van der Waals surface area contributed by atoms with Crippen molar-refractivity contribution in [1.29, 1.82) is 0 Å². The number of nitrogens with zero attached hydrogens (tertiary/aromatic N) is 1. The minimum atomic E-state index is -0.349. The minimum Gasteiger partial charge on any atom is -0.393 e. The number of likely N-dealkylation sites (tertiary alicyclic amines) is 1. The predicted molar refractivity (Wildman–Crippen MR) is 81.2 cm³/mol. The number of aryl methyl sites for hydroxylation is 1. The van der Waals surface area contributed by atoms with Crippen molar-refractivity contribution in [3.8, 4) is 0 Å². The molecule has 0 aromatic heterocycles. The fourth-order valence-electron chi connectivity index (χ4n) is 2.53. The Morgan fingerprint density at radius 2 is 2.25 bits per heavy atom. The lowest BCUT2D eigenvalue weighted by molar-refractivity contribution is -0.130. The van der Waals surface area contributed by atoms with Gasteiger partial charge < -0.3 is 10.0 Å². The zero-order valence-electron chi connectivity index (χ0n) is 11.5. The standard InChI is InChI=1S/C15H19Cl2NO2/c1-10(19)12-6-7-18(9-12)15(20)5-3-11-2-4-13(16)8-14(11)17/h2,4,8,10,12,19H,3,5-7,9H2,1H3. The molecule has 1 aliphatic heterocycles. The second-order valence-corrected chi connectivity index (χ2v) is 6.21. The van der Waals surface area contributed by atoms with Crippen LogP contribution >= 0.6 is 23.2 Å². The molecule has 1 aromatic rings. The van der Waals surface area contributed by atoms with Gasteiger partial charge in [0.05, 0.1) is 6.10 Å². The third-order valence-electron chi connectivity index (χ3n) is 3.88. The number of benzene rings is 1. The van der Waals surface area contributed by atoms with E-state index in [1.54, 1.807) is 19.1 Å². The first-order valence-electron chi connectivity index (χ1n) is 6.87. The van der Waals surface area contributed by atoms with E-state index in [2.05, 4.69) is 0 Å². The molecule has 3 nitrogen and oxygen atoms in total. The Kier molecular flexibility index (Phi) is 5.30. The maximum absolute atomic E-state index is 12.1. The maximum Gasteiger partial charge on any atom is 0.222 e. The number of aliphatic hydroxyl groups excluding tert-OH is 1. The van der Waals surface area contributed by atoms with Crippen LogP contribution in [0.3, 0.4) is 0 Å². The first-order chi connectivity index (χ1) is 9.47. The van der Waals surface area contributed by atoms with Crippen molar-refractivity contribution in [2.45, 2.75) is 32.3 Å². The Morgan fingerprint density at radius 3 is 2.85 bits per heavy atom. The Morgan fingerprint density at radius 1 is 1.50 bits per heavy atom. The van der Waals surface area contributed by atoms with Gasteiger partial charge in [-0.15, -0.1) is 0 Å². The summed E-state index contributed by atoms with van der Waals surface area (Å²) in [5.74, 6) is 0.331. The Labute approximate surface area is 129 Å². The summed E-state index contributed by atoms with van der Waals surface area (Å²) in [6.45, 7) is 3.18. The fraction of sp³-hybridized carbons (Fsp3) is 0.533. The van der Waals surface area contributed by atoms with Crippen LogP contribution < -0.4 is 0 Å². The van der Waals surface area contributed by atoms with Gasteiger partial charge in [-0.25, -0.2) is 0 Å². The highest BCUT2D eigenvalue weighted by Crippen LogP contribution is 2.24. The van der Waals surface area contributed by atoms with Gasteiger partial charge in [-0.05, 0) is 37.5 Å². The number of halogens is 2. The zero-order valence-corrected chi connectivity index (χ0v) is 13.0. The molecule has 2 unspecified atom stereocenters. The molecule has 110 valence electrons. The number of hydrogen-bond donors (Lipinski definition) is 1. The zero-order chi connectivity index (χ0) is 14.7. The van der Waals surface area contributed by atoms with E-state index in [4.69, 9.17) is 23.2 Å². The second-order valence-electron chi connectivity index (χ2n) is 5.36. The molecule has 2 rings (SSSR count). The number of hydrogen-bond acceptors (Lipinski definition) is 2. The van der Waals surface area contributed by atoms with Crippen LogP contribution in [0.15, 0.2) is 18.2 Å². The van der Waals surface area contributed by atoms with Crippen molar-refractivity contribution >= 4 is 29.1 Å². The number of carbonyl (C=O) groups is 1. The molecule has 0 radical (unpaired) electrons. The molecule has 1 N–H and O–H groups in total. The van der Waals surface area contributed by atoms with Gasteiger partial charge in [0.25, 0.3) is 0 Å². The smallest absolute Gasteiger partial charge is 0.222 e. The van der Waals surface area contributed by atoms with Crippen LogP contribution in [0.25, 0.3) is 0 Å². The molecule has 1 saturated heterocycles. The Hall–Kier alpha value is -0.770. The molecule has 1 aromatic carbocycles. The van der Waals surface area contributed by atoms with Crippen LogP contribution in [0.4, 0.5) is 0 Å². The van der Waals surface area contributed by atoms with E-state index < -0.39 is 0 Å². The fourth-order valence-corrected chi connectivity index (χ4v) is 3.03. The number of amides is 1. The molecule has 20 heavy (non-hydrogen) atoms. The highest BCUT2D eigenvalue weighted by atomic mass is 35.5. The van der Waals surface area contributed by atoms with Crippen LogP contribution in [-0.2, 0) is 11.2 Å². The van der Waals surface area contributed by atoms with Crippen LogP contribution in [0.2, 0.25) is 10.0 Å². The number of aliphatic hydroxyl groups is 1. The van der Waals surface area contributed by atoms with Crippen molar-refractivity contribution in [3.63, 3.8) is 0 Å². The predicted octanol–water partition coefficient (Wildman–Crippen LogP) is 3.16. The lowest BCUT2D eigenvalue weighted by Crippen LogP contribution is -2.30. The van der Waals surface area contributed by atoms with E-state index >= 15 is 0 Å². The summed E-state index contributed by atoms with van der Waals surface area (Å²) < 4.78 is 0. The van der Waals surface area contributed by atoms with Gasteiger partial charge in [-0.3, -0.25) is 4.79 Å². The minimum absolute atomic E-state index is 0.124. The molecular weight excluding hydrogens is 297 g/mol. The van der Waals surface area contributed by atoms with Crippen molar-refractivity contribution in [3.05, 3.63) is 33.8 Å². The van der Waals surface area contributed by atoms with Gasteiger partial charge in [0, 0.05) is 35.5 Å². The van der Waals surface area contributed by atoms with Gasteiger partial charge in [0.1, 0.15) is 0 Å². The molecule has 0 aliphatic carbocycles. The van der Waals surface area contributed by atoms with Gasteiger partial charge in [0.15, 0.2) is 0 Å². The third kappa shape index (κ3) is 3.87. The van der Waals surface area contributed by atoms with Crippen LogP contribution in [0.1, 0.15) is 25.3 Å². The topological polar surface area (TPSA) is 40.5 Å². The summed E-state index contributed by atoms with van der Waals surface area (Å²) in [6.07, 6.45) is 1.59. The molecule has 1 heterocycles.